The first-order valence-electron chi connectivity index (χ1n) is 7.39. The minimum Gasteiger partial charge on any atom is -0.246 e. The van der Waals surface area contributed by atoms with Crippen LogP contribution in [-0.2, 0) is 0 Å². The molecule has 0 bridgehead atoms. The molecule has 0 aliphatic carbocycles. The number of fused-ring (bicyclic) bond motifs is 4. The van der Waals surface area contributed by atoms with Crippen molar-refractivity contribution < 1.29 is 0 Å². The Balaban J connectivity index is 1.87. The maximum absolute atomic E-state index is 4.78. The Hall–Kier alpha value is -2.85. The van der Waals surface area contributed by atoms with Crippen LogP contribution in [0.3, 0.4) is 0 Å². The standard InChI is InChI=1S/C19H11N3S/c1-3-7-14-12(5-1)9-10-15(21-14)19-18-13-6-2-4-8-16(13)23-17(18)11-20-22-19/h1-11H. The molecule has 3 nitrogen and oxygen atoms in total. The van der Waals surface area contributed by atoms with E-state index in [9.17, 15) is 0 Å². The summed E-state index contributed by atoms with van der Waals surface area (Å²) in [6.07, 6.45) is 1.84. The normalized spacial score (nSPS) is 11.5. The molecular formula is C19H11N3S. The maximum Gasteiger partial charge on any atom is 0.121 e. The summed E-state index contributed by atoms with van der Waals surface area (Å²) in [5.41, 5.74) is 2.69. The molecule has 0 spiro atoms. The van der Waals surface area contributed by atoms with Crippen molar-refractivity contribution >= 4 is 42.4 Å². The molecule has 4 heteroatoms. The molecule has 23 heavy (non-hydrogen) atoms. The van der Waals surface area contributed by atoms with Gasteiger partial charge in [0.15, 0.2) is 0 Å². The average molecular weight is 313 g/mol. The number of thiophene rings is 1. The zero-order valence-corrected chi connectivity index (χ0v) is 12.9. The van der Waals surface area contributed by atoms with Crippen molar-refractivity contribution in [1.29, 1.82) is 0 Å². The van der Waals surface area contributed by atoms with Crippen molar-refractivity contribution in [2.75, 3.05) is 0 Å². The highest BCUT2D eigenvalue weighted by Crippen LogP contribution is 2.37. The molecule has 0 saturated carbocycles. The second-order valence-electron chi connectivity index (χ2n) is 5.42. The Kier molecular flexibility index (Phi) is 2.66. The first-order valence-corrected chi connectivity index (χ1v) is 8.21. The highest BCUT2D eigenvalue weighted by molar-refractivity contribution is 7.25. The lowest BCUT2D eigenvalue weighted by Crippen LogP contribution is -1.91. The molecule has 0 radical (unpaired) electrons. The minimum atomic E-state index is 0.853. The molecule has 5 rings (SSSR count). The van der Waals surface area contributed by atoms with E-state index in [-0.39, 0.29) is 0 Å². The molecule has 0 unspecified atom stereocenters. The van der Waals surface area contributed by atoms with Crippen LogP contribution < -0.4 is 0 Å². The third kappa shape index (κ3) is 1.92. The van der Waals surface area contributed by atoms with Gasteiger partial charge in [-0.05, 0) is 18.2 Å². The van der Waals surface area contributed by atoms with Crippen molar-refractivity contribution in [2.45, 2.75) is 0 Å². The third-order valence-electron chi connectivity index (χ3n) is 4.03. The van der Waals surface area contributed by atoms with E-state index >= 15 is 0 Å². The topological polar surface area (TPSA) is 38.7 Å². The number of hydrogen-bond acceptors (Lipinski definition) is 4. The summed E-state index contributed by atoms with van der Waals surface area (Å²) in [5, 5.41) is 12.1. The zero-order valence-electron chi connectivity index (χ0n) is 12.1. The van der Waals surface area contributed by atoms with E-state index in [0.717, 1.165) is 32.4 Å². The first kappa shape index (κ1) is 12.7. The summed E-state index contributed by atoms with van der Waals surface area (Å²) < 4.78 is 2.39. The van der Waals surface area contributed by atoms with Crippen LogP contribution >= 0.6 is 11.3 Å². The van der Waals surface area contributed by atoms with Crippen molar-refractivity contribution in [1.82, 2.24) is 15.2 Å². The van der Waals surface area contributed by atoms with Crippen molar-refractivity contribution in [2.24, 2.45) is 0 Å². The molecule has 0 aliphatic heterocycles. The van der Waals surface area contributed by atoms with Gasteiger partial charge in [0.2, 0.25) is 0 Å². The Bertz CT molecular complexity index is 1180. The second-order valence-corrected chi connectivity index (χ2v) is 6.50. The van der Waals surface area contributed by atoms with E-state index in [4.69, 9.17) is 4.98 Å². The second kappa shape index (κ2) is 4.83. The van der Waals surface area contributed by atoms with Crippen LogP contribution in [0, 0.1) is 0 Å². The van der Waals surface area contributed by atoms with Crippen LogP contribution in [0.5, 0.6) is 0 Å². The SMILES string of the molecule is c1ccc2nc(-c3nncc4sc5ccccc5c34)ccc2c1. The summed E-state index contributed by atoms with van der Waals surface area (Å²) in [6.45, 7) is 0. The quantitative estimate of drug-likeness (QED) is 0.434. The molecule has 108 valence electrons. The summed E-state index contributed by atoms with van der Waals surface area (Å²) in [5.74, 6) is 0. The van der Waals surface area contributed by atoms with Gasteiger partial charge < -0.3 is 0 Å². The van der Waals surface area contributed by atoms with E-state index in [1.165, 1.54) is 10.1 Å². The van der Waals surface area contributed by atoms with E-state index in [1.54, 1.807) is 11.3 Å². The van der Waals surface area contributed by atoms with E-state index in [1.807, 2.05) is 30.5 Å². The smallest absolute Gasteiger partial charge is 0.121 e. The Morgan fingerprint density at radius 2 is 1.65 bits per heavy atom. The highest BCUT2D eigenvalue weighted by atomic mass is 32.1. The van der Waals surface area contributed by atoms with Crippen molar-refractivity contribution in [3.63, 3.8) is 0 Å². The molecule has 0 aliphatic rings. The third-order valence-corrected chi connectivity index (χ3v) is 5.14. The molecule has 0 amide bonds. The number of pyridine rings is 1. The fraction of sp³-hybridized carbons (Fsp3) is 0. The Labute approximate surface area is 136 Å². The molecule has 0 N–H and O–H groups in total. The van der Waals surface area contributed by atoms with Crippen LogP contribution in [0.15, 0.2) is 66.9 Å². The van der Waals surface area contributed by atoms with Crippen LogP contribution in [0.1, 0.15) is 0 Å². The monoisotopic (exact) mass is 313 g/mol. The number of aromatic nitrogens is 3. The van der Waals surface area contributed by atoms with Gasteiger partial charge in [0.1, 0.15) is 5.69 Å². The predicted molar refractivity (Wildman–Crippen MR) is 95.7 cm³/mol. The first-order chi connectivity index (χ1) is 11.4. The van der Waals surface area contributed by atoms with Gasteiger partial charge in [0, 0.05) is 20.9 Å². The average Bonchev–Trinajstić information content (AvgIpc) is 3.00. The molecule has 3 aromatic heterocycles. The summed E-state index contributed by atoms with van der Waals surface area (Å²) in [4.78, 5) is 4.78. The van der Waals surface area contributed by atoms with Gasteiger partial charge in [-0.25, -0.2) is 4.98 Å². The molecule has 5 aromatic rings. The molecule has 0 fully saturated rings. The van der Waals surface area contributed by atoms with Crippen LogP contribution in [0.25, 0.3) is 42.5 Å². The molecule has 2 aromatic carbocycles. The molecular weight excluding hydrogens is 302 g/mol. The number of hydrogen-bond donors (Lipinski definition) is 0. The van der Waals surface area contributed by atoms with Crippen LogP contribution in [-0.4, -0.2) is 15.2 Å². The molecule has 0 atom stereocenters. The van der Waals surface area contributed by atoms with Gasteiger partial charge in [-0.2, -0.15) is 5.10 Å². The number of nitrogens with zero attached hydrogens (tertiary/aromatic N) is 3. The van der Waals surface area contributed by atoms with Gasteiger partial charge >= 0.3 is 0 Å². The largest absolute Gasteiger partial charge is 0.246 e. The van der Waals surface area contributed by atoms with Crippen molar-refractivity contribution in [3.8, 4) is 11.4 Å². The summed E-state index contributed by atoms with van der Waals surface area (Å²) in [6, 6.07) is 20.6. The lowest BCUT2D eigenvalue weighted by atomic mass is 10.1. The highest BCUT2D eigenvalue weighted by Gasteiger charge is 2.13. The lowest BCUT2D eigenvalue weighted by Gasteiger charge is -2.04. The van der Waals surface area contributed by atoms with Crippen LogP contribution in [0.4, 0.5) is 0 Å². The Morgan fingerprint density at radius 1 is 0.783 bits per heavy atom. The number of benzene rings is 2. The van der Waals surface area contributed by atoms with Gasteiger partial charge in [0.05, 0.1) is 22.1 Å². The number of rotatable bonds is 1. The minimum absolute atomic E-state index is 0.853. The van der Waals surface area contributed by atoms with Gasteiger partial charge in [-0.1, -0.05) is 42.5 Å². The van der Waals surface area contributed by atoms with E-state index < -0.39 is 0 Å². The molecule has 0 saturated heterocycles. The van der Waals surface area contributed by atoms with Crippen molar-refractivity contribution in [3.05, 3.63) is 66.9 Å². The van der Waals surface area contributed by atoms with Crippen LogP contribution in [0.2, 0.25) is 0 Å². The van der Waals surface area contributed by atoms with E-state index in [2.05, 4.69) is 46.6 Å². The predicted octanol–water partition coefficient (Wildman–Crippen LogP) is 5.06. The summed E-state index contributed by atoms with van der Waals surface area (Å²) in [7, 11) is 0. The van der Waals surface area contributed by atoms with Gasteiger partial charge in [0.25, 0.3) is 0 Å². The number of para-hydroxylation sites is 1. The van der Waals surface area contributed by atoms with E-state index in [0.29, 0.717) is 0 Å². The fourth-order valence-corrected chi connectivity index (χ4v) is 4.04. The zero-order chi connectivity index (χ0) is 15.2. The maximum atomic E-state index is 4.78. The van der Waals surface area contributed by atoms with Gasteiger partial charge in [-0.15, -0.1) is 16.4 Å². The Morgan fingerprint density at radius 3 is 2.65 bits per heavy atom. The lowest BCUT2D eigenvalue weighted by molar-refractivity contribution is 1.05. The summed E-state index contributed by atoms with van der Waals surface area (Å²) >= 11 is 1.74. The fourth-order valence-electron chi connectivity index (χ4n) is 2.97. The molecule has 3 heterocycles. The van der Waals surface area contributed by atoms with Gasteiger partial charge in [-0.3, -0.25) is 0 Å².